The van der Waals surface area contributed by atoms with Crippen molar-refractivity contribution in [3.8, 4) is 22.6 Å². The number of halogens is 1. The Hall–Kier alpha value is -3.59. The molecule has 0 spiro atoms. The van der Waals surface area contributed by atoms with Crippen molar-refractivity contribution in [3.05, 3.63) is 75.8 Å². The molecule has 40 heavy (non-hydrogen) atoms. The van der Waals surface area contributed by atoms with Crippen molar-refractivity contribution in [2.75, 3.05) is 45.8 Å². The van der Waals surface area contributed by atoms with E-state index in [1.807, 2.05) is 44.2 Å². The first-order valence-electron chi connectivity index (χ1n) is 13.2. The van der Waals surface area contributed by atoms with E-state index in [0.717, 1.165) is 60.5 Å². The van der Waals surface area contributed by atoms with E-state index in [-0.39, 0.29) is 28.3 Å². The summed E-state index contributed by atoms with van der Waals surface area (Å²) in [6.45, 7) is 7.06. The van der Waals surface area contributed by atoms with Crippen molar-refractivity contribution in [1.29, 1.82) is 0 Å². The fourth-order valence-electron chi connectivity index (χ4n) is 5.00. The molecule has 1 atom stereocenters. The predicted octanol–water partition coefficient (Wildman–Crippen LogP) is 5.51. The first-order valence-corrected chi connectivity index (χ1v) is 13.6. The number of esters is 1. The molecular weight excluding hydrogens is 532 g/mol. The number of aliphatic hydroxyl groups excluding tert-OH is 1. The average molecular weight is 567 g/mol. The minimum atomic E-state index is -0.590. The molecule has 0 aliphatic carbocycles. The number of aliphatic hydroxyl groups is 1. The van der Waals surface area contributed by atoms with E-state index in [4.69, 9.17) is 25.8 Å². The number of benzene rings is 3. The molecule has 9 heteroatoms. The van der Waals surface area contributed by atoms with E-state index >= 15 is 0 Å². The number of hydrogen-bond acceptors (Lipinski definition) is 7. The maximum atomic E-state index is 13.4. The van der Waals surface area contributed by atoms with Crippen LogP contribution in [0.15, 0.2) is 48.5 Å². The zero-order valence-corrected chi connectivity index (χ0v) is 24.0. The molecule has 0 bridgehead atoms. The largest absolute Gasteiger partial charge is 0.496 e. The highest BCUT2D eigenvalue weighted by Crippen LogP contribution is 2.35. The molecule has 1 heterocycles. The second-order valence-corrected chi connectivity index (χ2v) is 10.2. The molecule has 212 valence electrons. The number of methoxy groups -OCH3 is 2. The average Bonchev–Trinajstić information content (AvgIpc) is 3.37. The van der Waals surface area contributed by atoms with Crippen LogP contribution in [0.1, 0.15) is 44.7 Å². The maximum absolute atomic E-state index is 13.4. The van der Waals surface area contributed by atoms with E-state index in [0.29, 0.717) is 17.9 Å². The number of anilines is 1. The topological polar surface area (TPSA) is 97.3 Å². The van der Waals surface area contributed by atoms with Gasteiger partial charge in [0.25, 0.3) is 5.91 Å². The molecule has 0 unspecified atom stereocenters. The predicted molar refractivity (Wildman–Crippen MR) is 156 cm³/mol. The van der Waals surface area contributed by atoms with Crippen molar-refractivity contribution >= 4 is 29.2 Å². The first kappa shape index (κ1) is 29.4. The van der Waals surface area contributed by atoms with Crippen LogP contribution in [0.2, 0.25) is 5.02 Å². The van der Waals surface area contributed by atoms with Gasteiger partial charge in [0.2, 0.25) is 0 Å². The highest BCUT2D eigenvalue weighted by atomic mass is 35.5. The van der Waals surface area contributed by atoms with Gasteiger partial charge in [-0.1, -0.05) is 35.9 Å². The molecule has 1 amide bonds. The van der Waals surface area contributed by atoms with E-state index in [2.05, 4.69) is 10.2 Å². The van der Waals surface area contributed by atoms with Gasteiger partial charge >= 0.3 is 5.97 Å². The number of amides is 1. The maximum Gasteiger partial charge on any atom is 0.341 e. The number of nitrogens with zero attached hydrogens (tertiary/aromatic N) is 1. The lowest BCUT2D eigenvalue weighted by Crippen LogP contribution is -2.24. The van der Waals surface area contributed by atoms with Crippen LogP contribution in [0.25, 0.3) is 11.1 Å². The highest BCUT2D eigenvalue weighted by Gasteiger charge is 2.21. The van der Waals surface area contributed by atoms with Gasteiger partial charge in [0.1, 0.15) is 17.1 Å². The van der Waals surface area contributed by atoms with Gasteiger partial charge in [-0.3, -0.25) is 4.79 Å². The Morgan fingerprint density at radius 2 is 1.75 bits per heavy atom. The second-order valence-electron chi connectivity index (χ2n) is 9.83. The van der Waals surface area contributed by atoms with Gasteiger partial charge in [-0.05, 0) is 67.1 Å². The Morgan fingerprint density at radius 1 is 1.02 bits per heavy atom. The lowest BCUT2D eigenvalue weighted by atomic mass is 9.93. The zero-order valence-electron chi connectivity index (χ0n) is 23.3. The van der Waals surface area contributed by atoms with Gasteiger partial charge in [0, 0.05) is 31.3 Å². The molecule has 1 saturated heterocycles. The lowest BCUT2D eigenvalue weighted by Gasteiger charge is -2.18. The summed E-state index contributed by atoms with van der Waals surface area (Å²) in [5, 5.41) is 12.7. The van der Waals surface area contributed by atoms with Crippen LogP contribution in [0, 0.1) is 13.8 Å². The van der Waals surface area contributed by atoms with Crippen molar-refractivity contribution in [1.82, 2.24) is 4.90 Å². The third-order valence-electron chi connectivity index (χ3n) is 7.22. The minimum Gasteiger partial charge on any atom is -0.496 e. The lowest BCUT2D eigenvalue weighted by molar-refractivity contribution is 0.0597. The Bertz CT molecular complexity index is 1390. The van der Waals surface area contributed by atoms with Crippen LogP contribution >= 0.6 is 11.6 Å². The van der Waals surface area contributed by atoms with Crippen LogP contribution in [0.3, 0.4) is 0 Å². The number of likely N-dealkylation sites (tertiary alicyclic amines) is 1. The number of hydrogen-bond donors (Lipinski definition) is 2. The molecule has 1 aliphatic rings. The molecule has 1 aliphatic heterocycles. The van der Waals surface area contributed by atoms with Gasteiger partial charge in [0.15, 0.2) is 0 Å². The summed E-state index contributed by atoms with van der Waals surface area (Å²) < 4.78 is 16.2. The van der Waals surface area contributed by atoms with Crippen molar-refractivity contribution in [3.63, 3.8) is 0 Å². The van der Waals surface area contributed by atoms with E-state index in [1.165, 1.54) is 26.4 Å². The normalized spacial score (nSPS) is 15.1. The summed E-state index contributed by atoms with van der Waals surface area (Å²) in [6, 6.07) is 14.4. The molecule has 0 aromatic heterocycles. The number of carbonyl (C=O) groups excluding carboxylic acids is 2. The summed E-state index contributed by atoms with van der Waals surface area (Å²) in [5.41, 5.74) is 4.67. The SMILES string of the molecule is COC(=O)c1cc(Cl)c(NC(=O)c2cccc(-c3cccc(OCCCN4CC[C@@H](O)C4)c3C)c2C)cc1OC. The summed E-state index contributed by atoms with van der Waals surface area (Å²) in [5.74, 6) is 0.111. The number of ether oxygens (including phenoxy) is 3. The van der Waals surface area contributed by atoms with E-state index in [1.54, 1.807) is 6.07 Å². The summed E-state index contributed by atoms with van der Waals surface area (Å²) in [7, 11) is 2.70. The van der Waals surface area contributed by atoms with Crippen LogP contribution in [0.4, 0.5) is 5.69 Å². The Labute approximate surface area is 239 Å². The quantitative estimate of drug-likeness (QED) is 0.247. The fraction of sp³-hybridized carbons (Fsp3) is 0.355. The zero-order chi connectivity index (χ0) is 28.8. The van der Waals surface area contributed by atoms with Gasteiger partial charge in [0.05, 0.1) is 37.6 Å². The minimum absolute atomic E-state index is 0.165. The van der Waals surface area contributed by atoms with Gasteiger partial charge in [-0.25, -0.2) is 4.79 Å². The van der Waals surface area contributed by atoms with Crippen LogP contribution in [0.5, 0.6) is 11.5 Å². The number of carbonyl (C=O) groups is 2. The highest BCUT2D eigenvalue weighted by molar-refractivity contribution is 6.34. The smallest absolute Gasteiger partial charge is 0.341 e. The standard InChI is InChI=1S/C31H35ClN2O6/c1-19-22(23-9-6-11-28(20(23)2)40-15-7-13-34-14-12-21(35)18-34)8-5-10-24(19)30(36)33-27-17-29(38-3)25(16-26(27)32)31(37)39-4/h5-6,8-11,16-17,21,35H,7,12-15,18H2,1-4H3,(H,33,36)/t21-/m1/s1. The molecule has 0 saturated carbocycles. The van der Waals surface area contributed by atoms with Crippen LogP contribution in [-0.2, 0) is 4.74 Å². The number of nitrogens with one attached hydrogen (secondary N) is 1. The Balaban J connectivity index is 1.51. The van der Waals surface area contributed by atoms with Gasteiger partial charge in [-0.2, -0.15) is 0 Å². The van der Waals surface area contributed by atoms with Crippen molar-refractivity contribution in [2.45, 2.75) is 32.8 Å². The Kier molecular flexibility index (Phi) is 9.68. The third kappa shape index (κ3) is 6.58. The number of rotatable bonds is 10. The Morgan fingerprint density at radius 3 is 2.42 bits per heavy atom. The first-order chi connectivity index (χ1) is 19.2. The van der Waals surface area contributed by atoms with Gasteiger partial charge < -0.3 is 29.5 Å². The molecule has 8 nitrogen and oxygen atoms in total. The van der Waals surface area contributed by atoms with Crippen molar-refractivity contribution < 1.29 is 28.9 Å². The number of β-amino-alcohol motifs (C(OH)–C–C–N with tert-alkyl or cyclic N) is 1. The van der Waals surface area contributed by atoms with Crippen LogP contribution < -0.4 is 14.8 Å². The summed E-state index contributed by atoms with van der Waals surface area (Å²) in [6.07, 6.45) is 1.49. The van der Waals surface area contributed by atoms with Gasteiger partial charge in [-0.15, -0.1) is 0 Å². The second kappa shape index (κ2) is 13.2. The van der Waals surface area contributed by atoms with E-state index in [9.17, 15) is 14.7 Å². The van der Waals surface area contributed by atoms with E-state index < -0.39 is 5.97 Å². The molecule has 0 radical (unpaired) electrons. The van der Waals surface area contributed by atoms with Crippen LogP contribution in [-0.4, -0.2) is 68.4 Å². The molecule has 1 fully saturated rings. The summed E-state index contributed by atoms with van der Waals surface area (Å²) in [4.78, 5) is 27.7. The third-order valence-corrected chi connectivity index (χ3v) is 7.53. The van der Waals surface area contributed by atoms with Crippen molar-refractivity contribution in [2.24, 2.45) is 0 Å². The molecule has 4 rings (SSSR count). The fourth-order valence-corrected chi connectivity index (χ4v) is 5.21. The summed E-state index contributed by atoms with van der Waals surface area (Å²) >= 11 is 6.39. The molecule has 3 aromatic rings. The monoisotopic (exact) mass is 566 g/mol. The molecule has 2 N–H and O–H groups in total. The molecule has 3 aromatic carbocycles. The molecular formula is C31H35ClN2O6.